The number of hydrogen-bond donors (Lipinski definition) is 2. The molecule has 0 aliphatic heterocycles. The van der Waals surface area contributed by atoms with Crippen molar-refractivity contribution in [3.05, 3.63) is 70.4 Å². The number of hydrogen-bond acceptors (Lipinski definition) is 4. The van der Waals surface area contributed by atoms with E-state index < -0.39 is 64.9 Å². The van der Waals surface area contributed by atoms with Crippen LogP contribution in [-0.2, 0) is 20.5 Å². The van der Waals surface area contributed by atoms with Gasteiger partial charge in [-0.2, -0.15) is 13.2 Å². The van der Waals surface area contributed by atoms with Crippen LogP contribution in [0.1, 0.15) is 86.2 Å². The van der Waals surface area contributed by atoms with Crippen molar-refractivity contribution in [2.45, 2.75) is 84.5 Å². The number of aryl methyl sites for hydroxylation is 2. The highest BCUT2D eigenvalue weighted by Gasteiger charge is 2.40. The van der Waals surface area contributed by atoms with Gasteiger partial charge in [-0.15, -0.1) is 0 Å². The minimum atomic E-state index is -5.18. The Morgan fingerprint density at radius 3 is 2.20 bits per heavy atom. The van der Waals surface area contributed by atoms with Crippen molar-refractivity contribution in [3.8, 4) is 11.1 Å². The SMILES string of the molecule is C=CNC(CC(C)C)C(=O)N[C@@H](CC(=O)OCC)c1c(F)c(-c2c(C)cc(C3CC3)cc2C)cc(C(F)(F)F)c1F. The monoisotopic (exact) mass is 580 g/mol. The third-order valence-electron chi connectivity index (χ3n) is 7.10. The molecule has 0 bridgehead atoms. The maximum atomic E-state index is 16.4. The Hall–Kier alpha value is -3.43. The van der Waals surface area contributed by atoms with E-state index >= 15 is 8.78 Å². The first-order chi connectivity index (χ1) is 19.2. The summed E-state index contributed by atoms with van der Waals surface area (Å²) in [5.74, 6) is -4.50. The zero-order valence-electron chi connectivity index (χ0n) is 24.0. The summed E-state index contributed by atoms with van der Waals surface area (Å²) in [5, 5.41) is 5.17. The van der Waals surface area contributed by atoms with Gasteiger partial charge in [-0.3, -0.25) is 9.59 Å². The third kappa shape index (κ3) is 7.65. The maximum absolute atomic E-state index is 16.4. The van der Waals surface area contributed by atoms with Gasteiger partial charge < -0.3 is 15.4 Å². The lowest BCUT2D eigenvalue weighted by molar-refractivity contribution is -0.144. The topological polar surface area (TPSA) is 67.4 Å². The predicted molar refractivity (Wildman–Crippen MR) is 147 cm³/mol. The highest BCUT2D eigenvalue weighted by Crippen LogP contribution is 2.45. The molecule has 0 heterocycles. The van der Waals surface area contributed by atoms with Crippen LogP contribution in [0.25, 0.3) is 11.1 Å². The van der Waals surface area contributed by atoms with Crippen LogP contribution >= 0.6 is 0 Å². The summed E-state index contributed by atoms with van der Waals surface area (Å²) in [7, 11) is 0. The normalized spacial score (nSPS) is 14.9. The number of rotatable bonds is 12. The number of esters is 1. The number of alkyl halides is 3. The van der Waals surface area contributed by atoms with E-state index in [0.717, 1.165) is 18.4 Å². The Bertz CT molecular complexity index is 1280. The second-order valence-corrected chi connectivity index (χ2v) is 10.9. The molecular formula is C31H37F5N2O3. The van der Waals surface area contributed by atoms with Crippen molar-refractivity contribution in [1.82, 2.24) is 10.6 Å². The van der Waals surface area contributed by atoms with Crippen LogP contribution in [-0.4, -0.2) is 24.5 Å². The second-order valence-electron chi connectivity index (χ2n) is 10.9. The standard InChI is InChI=1S/C31H37F5N2O3/c1-7-37-24(11-16(3)4)30(40)38-23(15-25(39)41-8-2)27-28(32)21(14-22(29(27)33)31(34,35)36)26-17(5)12-20(13-18(26)6)19-9-10-19/h7,12-14,16,19,23-24,37H,1,8-11,15H2,2-6H3,(H,38,40)/t23-,24?/m0/s1. The molecule has 41 heavy (non-hydrogen) atoms. The summed E-state index contributed by atoms with van der Waals surface area (Å²) in [4.78, 5) is 25.7. The van der Waals surface area contributed by atoms with Gasteiger partial charge in [-0.1, -0.05) is 32.6 Å². The highest BCUT2D eigenvalue weighted by atomic mass is 19.4. The molecule has 5 nitrogen and oxygen atoms in total. The van der Waals surface area contributed by atoms with Crippen molar-refractivity contribution in [3.63, 3.8) is 0 Å². The second kappa shape index (κ2) is 13.0. The molecule has 1 aliphatic rings. The lowest BCUT2D eigenvalue weighted by atomic mass is 9.87. The van der Waals surface area contributed by atoms with Crippen molar-refractivity contribution >= 4 is 11.9 Å². The van der Waals surface area contributed by atoms with E-state index in [9.17, 15) is 22.8 Å². The minimum absolute atomic E-state index is 0.0138. The van der Waals surface area contributed by atoms with Gasteiger partial charge in [-0.25, -0.2) is 8.78 Å². The van der Waals surface area contributed by atoms with Gasteiger partial charge in [0.15, 0.2) is 0 Å². The Morgan fingerprint density at radius 1 is 1.10 bits per heavy atom. The van der Waals surface area contributed by atoms with Gasteiger partial charge in [0.1, 0.15) is 17.7 Å². The molecule has 1 saturated carbocycles. The van der Waals surface area contributed by atoms with Crippen molar-refractivity contribution in [2.75, 3.05) is 6.61 Å². The summed E-state index contributed by atoms with van der Waals surface area (Å²) >= 11 is 0. The number of nitrogens with one attached hydrogen (secondary N) is 2. The van der Waals surface area contributed by atoms with E-state index in [-0.39, 0.29) is 24.5 Å². The van der Waals surface area contributed by atoms with Gasteiger partial charge in [0.05, 0.1) is 24.6 Å². The van der Waals surface area contributed by atoms with Gasteiger partial charge in [-0.05, 0) is 86.4 Å². The zero-order valence-corrected chi connectivity index (χ0v) is 24.0. The quantitative estimate of drug-likeness (QED) is 0.203. The number of carbonyl (C=O) groups is 2. The first-order valence-corrected chi connectivity index (χ1v) is 13.7. The summed E-state index contributed by atoms with van der Waals surface area (Å²) in [6.45, 7) is 12.0. The van der Waals surface area contributed by atoms with Gasteiger partial charge in [0.25, 0.3) is 0 Å². The molecule has 0 aromatic heterocycles. The molecule has 10 heteroatoms. The van der Waals surface area contributed by atoms with E-state index in [1.807, 2.05) is 26.0 Å². The molecule has 2 aromatic carbocycles. The average molecular weight is 581 g/mol. The van der Waals surface area contributed by atoms with Crippen molar-refractivity contribution in [2.24, 2.45) is 5.92 Å². The molecule has 224 valence electrons. The van der Waals surface area contributed by atoms with E-state index in [1.54, 1.807) is 13.8 Å². The Balaban J connectivity index is 2.24. The molecule has 0 spiro atoms. The number of halogens is 5. The summed E-state index contributed by atoms with van der Waals surface area (Å²) < 4.78 is 79.5. The van der Waals surface area contributed by atoms with Gasteiger partial charge in [0, 0.05) is 11.1 Å². The van der Waals surface area contributed by atoms with E-state index in [0.29, 0.717) is 23.1 Å². The molecule has 1 unspecified atom stereocenters. The highest BCUT2D eigenvalue weighted by molar-refractivity contribution is 5.83. The van der Waals surface area contributed by atoms with Crippen LogP contribution in [0, 0.1) is 31.4 Å². The van der Waals surface area contributed by atoms with Crippen LogP contribution in [0.4, 0.5) is 22.0 Å². The minimum Gasteiger partial charge on any atom is -0.466 e. The van der Waals surface area contributed by atoms with Crippen LogP contribution in [0.15, 0.2) is 31.0 Å². The molecule has 1 fully saturated rings. The smallest absolute Gasteiger partial charge is 0.419 e. The summed E-state index contributed by atoms with van der Waals surface area (Å²) in [6.07, 6.45) is -2.41. The Labute approximate surface area is 237 Å². The first kappa shape index (κ1) is 32.1. The summed E-state index contributed by atoms with van der Waals surface area (Å²) in [6, 6.07) is 1.39. The fourth-order valence-electron chi connectivity index (χ4n) is 5.17. The molecule has 3 rings (SSSR count). The van der Waals surface area contributed by atoms with Gasteiger partial charge >= 0.3 is 12.1 Å². The maximum Gasteiger partial charge on any atom is 0.419 e. The molecule has 0 saturated heterocycles. The van der Waals surface area contributed by atoms with Crippen LogP contribution < -0.4 is 10.6 Å². The number of carbonyl (C=O) groups excluding carboxylic acids is 2. The number of benzene rings is 2. The van der Waals surface area contributed by atoms with Crippen molar-refractivity contribution < 1.29 is 36.3 Å². The van der Waals surface area contributed by atoms with E-state index in [4.69, 9.17) is 4.74 Å². The Kier molecular flexibility index (Phi) is 10.2. The number of amides is 1. The molecular weight excluding hydrogens is 543 g/mol. The molecule has 1 aliphatic carbocycles. The summed E-state index contributed by atoms with van der Waals surface area (Å²) in [5.41, 5.74) is -0.920. The van der Waals surface area contributed by atoms with E-state index in [1.165, 1.54) is 13.1 Å². The fraction of sp³-hybridized carbons (Fsp3) is 0.484. The molecule has 0 radical (unpaired) electrons. The molecule has 2 N–H and O–H groups in total. The Morgan fingerprint density at radius 2 is 1.71 bits per heavy atom. The first-order valence-electron chi connectivity index (χ1n) is 13.7. The van der Waals surface area contributed by atoms with Crippen LogP contribution in [0.2, 0.25) is 0 Å². The molecule has 2 aromatic rings. The fourth-order valence-corrected chi connectivity index (χ4v) is 5.17. The van der Waals surface area contributed by atoms with Crippen LogP contribution in [0.3, 0.4) is 0 Å². The lowest BCUT2D eigenvalue weighted by Crippen LogP contribution is -2.45. The lowest BCUT2D eigenvalue weighted by Gasteiger charge is -2.26. The number of ether oxygens (including phenoxy) is 1. The zero-order chi connectivity index (χ0) is 30.6. The molecule has 1 amide bonds. The third-order valence-corrected chi connectivity index (χ3v) is 7.10. The molecule has 2 atom stereocenters. The van der Waals surface area contributed by atoms with Crippen LogP contribution in [0.5, 0.6) is 0 Å². The largest absolute Gasteiger partial charge is 0.466 e. The van der Waals surface area contributed by atoms with Crippen molar-refractivity contribution in [1.29, 1.82) is 0 Å². The van der Waals surface area contributed by atoms with Gasteiger partial charge in [0.2, 0.25) is 5.91 Å². The van der Waals surface area contributed by atoms with E-state index in [2.05, 4.69) is 17.2 Å². The predicted octanol–water partition coefficient (Wildman–Crippen LogP) is 7.40. The average Bonchev–Trinajstić information content (AvgIpc) is 3.69.